The normalized spacial score (nSPS) is 12.1. The van der Waals surface area contributed by atoms with Crippen molar-refractivity contribution < 1.29 is 4.74 Å². The molecule has 0 N–H and O–H groups in total. The van der Waals surface area contributed by atoms with Gasteiger partial charge in [-0.3, -0.25) is 0 Å². The number of hydrogen-bond acceptors (Lipinski definition) is 1. The fourth-order valence-corrected chi connectivity index (χ4v) is 3.82. The van der Waals surface area contributed by atoms with Crippen molar-refractivity contribution in [1.82, 2.24) is 0 Å². The zero-order chi connectivity index (χ0) is 20.5. The number of ether oxygens (including phenoxy) is 1. The first kappa shape index (κ1) is 24.8. The fourth-order valence-electron chi connectivity index (χ4n) is 3.82. The third-order valence-corrected chi connectivity index (χ3v) is 5.64. The van der Waals surface area contributed by atoms with Gasteiger partial charge < -0.3 is 4.74 Å². The Hall–Kier alpha value is -1.24. The van der Waals surface area contributed by atoms with Gasteiger partial charge in [-0.25, -0.2) is 0 Å². The van der Waals surface area contributed by atoms with Crippen LogP contribution in [-0.4, -0.2) is 6.10 Å². The number of allylic oxidation sites excluding steroid dienone is 1. The monoisotopic (exact) mass is 386 g/mol. The molecule has 1 atom stereocenters. The molecule has 1 unspecified atom stereocenters. The van der Waals surface area contributed by atoms with E-state index in [9.17, 15) is 0 Å². The number of para-hydroxylation sites is 1. The van der Waals surface area contributed by atoms with Crippen molar-refractivity contribution in [1.29, 1.82) is 0 Å². The molecule has 0 bridgehead atoms. The van der Waals surface area contributed by atoms with Crippen LogP contribution in [0.1, 0.15) is 123 Å². The molecule has 1 heteroatoms. The lowest BCUT2D eigenvalue weighted by molar-refractivity contribution is 0.205. The van der Waals surface area contributed by atoms with Gasteiger partial charge in [0.05, 0.1) is 6.10 Å². The predicted molar refractivity (Wildman–Crippen MR) is 126 cm³/mol. The molecule has 0 aliphatic rings. The van der Waals surface area contributed by atoms with Gasteiger partial charge in [-0.1, -0.05) is 115 Å². The number of rotatable bonds is 18. The summed E-state index contributed by atoms with van der Waals surface area (Å²) in [7, 11) is 0. The number of hydrogen-bond donors (Lipinski definition) is 0. The average molecular weight is 387 g/mol. The van der Waals surface area contributed by atoms with Crippen LogP contribution in [0.15, 0.2) is 30.8 Å². The van der Waals surface area contributed by atoms with Crippen molar-refractivity contribution in [3.63, 3.8) is 0 Å². The Balaban J connectivity index is 1.94. The first-order valence-electron chi connectivity index (χ1n) is 12.1. The summed E-state index contributed by atoms with van der Waals surface area (Å²) in [5.74, 6) is 0.980. The van der Waals surface area contributed by atoms with Gasteiger partial charge in [0.15, 0.2) is 0 Å². The minimum atomic E-state index is 0.276. The third kappa shape index (κ3) is 12.3. The van der Waals surface area contributed by atoms with E-state index in [0.717, 1.165) is 23.3 Å². The molecular weight excluding hydrogens is 340 g/mol. The van der Waals surface area contributed by atoms with Crippen LogP contribution in [-0.2, 0) is 0 Å². The molecule has 0 saturated heterocycles. The maximum atomic E-state index is 6.16. The van der Waals surface area contributed by atoms with Crippen LogP contribution in [0.2, 0.25) is 0 Å². The van der Waals surface area contributed by atoms with Crippen molar-refractivity contribution in [3.8, 4) is 5.75 Å². The number of benzene rings is 1. The molecule has 1 aromatic rings. The Morgan fingerprint density at radius 2 is 1.25 bits per heavy atom. The summed E-state index contributed by atoms with van der Waals surface area (Å²) in [6, 6.07) is 8.25. The van der Waals surface area contributed by atoms with Gasteiger partial charge in [0.25, 0.3) is 0 Å². The van der Waals surface area contributed by atoms with Crippen LogP contribution in [0.5, 0.6) is 5.75 Å². The first-order chi connectivity index (χ1) is 13.6. The minimum Gasteiger partial charge on any atom is -0.490 e. The average Bonchev–Trinajstić information content (AvgIpc) is 2.68. The maximum absolute atomic E-state index is 6.16. The predicted octanol–water partition coefficient (Wildman–Crippen LogP) is 9.36. The van der Waals surface area contributed by atoms with E-state index in [2.05, 4.69) is 38.6 Å². The Kier molecular flexibility index (Phi) is 14.8. The summed E-state index contributed by atoms with van der Waals surface area (Å²) in [4.78, 5) is 0. The van der Waals surface area contributed by atoms with Crippen LogP contribution in [0, 0.1) is 0 Å². The molecule has 0 fully saturated rings. The Morgan fingerprint density at radius 1 is 0.786 bits per heavy atom. The zero-order valence-corrected chi connectivity index (χ0v) is 19.1. The van der Waals surface area contributed by atoms with E-state index in [4.69, 9.17) is 4.74 Å². The van der Waals surface area contributed by atoms with Gasteiger partial charge in [-0.15, -0.1) is 0 Å². The van der Waals surface area contributed by atoms with Gasteiger partial charge in [0.1, 0.15) is 5.75 Å². The van der Waals surface area contributed by atoms with Crippen LogP contribution in [0.3, 0.4) is 0 Å². The SMILES string of the molecule is C=C(C)c1ccccc1OC(C)CCCCCCCCCCCCCCCC. The van der Waals surface area contributed by atoms with Crippen molar-refractivity contribution in [2.75, 3.05) is 0 Å². The van der Waals surface area contributed by atoms with Gasteiger partial charge in [-0.2, -0.15) is 0 Å². The summed E-state index contributed by atoms with van der Waals surface area (Å²) >= 11 is 0. The first-order valence-corrected chi connectivity index (χ1v) is 12.1. The summed E-state index contributed by atoms with van der Waals surface area (Å²) in [6.07, 6.45) is 21.2. The summed E-state index contributed by atoms with van der Waals surface area (Å²) in [5, 5.41) is 0. The Labute approximate surface area is 176 Å². The van der Waals surface area contributed by atoms with Crippen molar-refractivity contribution in [2.45, 2.75) is 123 Å². The second-order valence-corrected chi connectivity index (χ2v) is 8.59. The van der Waals surface area contributed by atoms with Gasteiger partial charge in [0.2, 0.25) is 0 Å². The van der Waals surface area contributed by atoms with E-state index >= 15 is 0 Å². The standard InChI is InChI=1S/C27H46O/c1-5-6-7-8-9-10-11-12-13-14-15-16-17-18-21-25(4)28-27-23-20-19-22-26(27)24(2)3/h19-20,22-23,25H,2,5-18,21H2,1,3-4H3. The molecule has 0 amide bonds. The van der Waals surface area contributed by atoms with Crippen LogP contribution in [0.25, 0.3) is 5.57 Å². The molecule has 0 heterocycles. The second kappa shape index (κ2) is 16.7. The van der Waals surface area contributed by atoms with Gasteiger partial charge in [-0.05, 0) is 38.3 Å². The van der Waals surface area contributed by atoms with E-state index in [-0.39, 0.29) is 6.10 Å². The third-order valence-electron chi connectivity index (χ3n) is 5.64. The highest BCUT2D eigenvalue weighted by molar-refractivity contribution is 5.66. The molecule has 160 valence electrons. The van der Waals surface area contributed by atoms with Crippen LogP contribution >= 0.6 is 0 Å². The Morgan fingerprint density at radius 3 is 1.75 bits per heavy atom. The van der Waals surface area contributed by atoms with Crippen LogP contribution < -0.4 is 4.74 Å². The summed E-state index contributed by atoms with van der Waals surface area (Å²) in [5.41, 5.74) is 2.20. The van der Waals surface area contributed by atoms with Crippen molar-refractivity contribution in [2.24, 2.45) is 0 Å². The van der Waals surface area contributed by atoms with E-state index in [1.165, 1.54) is 89.9 Å². The molecule has 1 aromatic carbocycles. The van der Waals surface area contributed by atoms with E-state index in [0.29, 0.717) is 0 Å². The minimum absolute atomic E-state index is 0.276. The molecule has 28 heavy (non-hydrogen) atoms. The molecule has 0 saturated carbocycles. The smallest absolute Gasteiger partial charge is 0.127 e. The zero-order valence-electron chi connectivity index (χ0n) is 19.1. The lowest BCUT2D eigenvalue weighted by Crippen LogP contribution is -2.12. The molecule has 0 spiro atoms. The molecule has 1 nitrogen and oxygen atoms in total. The van der Waals surface area contributed by atoms with E-state index in [1.54, 1.807) is 0 Å². The highest BCUT2D eigenvalue weighted by atomic mass is 16.5. The molecule has 1 rings (SSSR count). The molecule has 0 aliphatic carbocycles. The van der Waals surface area contributed by atoms with Crippen molar-refractivity contribution >= 4 is 5.57 Å². The fraction of sp³-hybridized carbons (Fsp3) is 0.704. The van der Waals surface area contributed by atoms with Crippen molar-refractivity contribution in [3.05, 3.63) is 36.4 Å². The number of unbranched alkanes of at least 4 members (excludes halogenated alkanes) is 13. The Bertz CT molecular complexity index is 505. The maximum Gasteiger partial charge on any atom is 0.127 e. The molecule has 0 aromatic heterocycles. The summed E-state index contributed by atoms with van der Waals surface area (Å²) < 4.78 is 6.16. The lowest BCUT2D eigenvalue weighted by Gasteiger charge is -2.17. The molecule has 0 aliphatic heterocycles. The van der Waals surface area contributed by atoms with Gasteiger partial charge in [0, 0.05) is 5.56 Å². The topological polar surface area (TPSA) is 9.23 Å². The highest BCUT2D eigenvalue weighted by Gasteiger charge is 2.08. The van der Waals surface area contributed by atoms with Gasteiger partial charge >= 0.3 is 0 Å². The molecular formula is C27H46O. The second-order valence-electron chi connectivity index (χ2n) is 8.59. The van der Waals surface area contributed by atoms with E-state index < -0.39 is 0 Å². The van der Waals surface area contributed by atoms with Crippen LogP contribution in [0.4, 0.5) is 0 Å². The quantitative estimate of drug-likeness (QED) is 0.228. The van der Waals surface area contributed by atoms with E-state index in [1.807, 2.05) is 13.0 Å². The largest absolute Gasteiger partial charge is 0.490 e. The summed E-state index contributed by atoms with van der Waals surface area (Å²) in [6.45, 7) is 10.6. The molecule has 0 radical (unpaired) electrons. The highest BCUT2D eigenvalue weighted by Crippen LogP contribution is 2.26. The lowest BCUT2D eigenvalue weighted by atomic mass is 10.0.